The molecule has 2 rings (SSSR count). The van der Waals surface area contributed by atoms with Crippen LogP contribution in [0.15, 0.2) is 66.1 Å². The molecule has 0 radical (unpaired) electrons. The quantitative estimate of drug-likeness (QED) is 0.677. The van der Waals surface area contributed by atoms with E-state index in [1.54, 1.807) is 0 Å². The number of benzene rings is 1. The van der Waals surface area contributed by atoms with Crippen molar-refractivity contribution in [1.82, 2.24) is 4.90 Å². The van der Waals surface area contributed by atoms with E-state index in [-0.39, 0.29) is 0 Å². The Hall–Kier alpha value is -1.78. The molecule has 0 atom stereocenters. The summed E-state index contributed by atoms with van der Waals surface area (Å²) in [6.07, 6.45) is 0. The molecule has 1 fully saturated rings. The van der Waals surface area contributed by atoms with E-state index >= 15 is 0 Å². The Morgan fingerprint density at radius 3 is 2.06 bits per heavy atom. The maximum Gasteiger partial charge on any atom is 0.0323 e. The SMILES string of the molecule is C=C=C1CN(Cc2ccccc2)CC1=C=C. The van der Waals surface area contributed by atoms with Gasteiger partial charge in [0.1, 0.15) is 0 Å². The van der Waals surface area contributed by atoms with Gasteiger partial charge in [-0.15, -0.1) is 11.5 Å². The summed E-state index contributed by atoms with van der Waals surface area (Å²) in [4.78, 5) is 2.34. The average molecular weight is 209 g/mol. The Kier molecular flexibility index (Phi) is 3.24. The molecule has 1 aromatic carbocycles. The number of likely N-dealkylation sites (tertiary alicyclic amines) is 1. The van der Waals surface area contributed by atoms with Gasteiger partial charge in [0.15, 0.2) is 0 Å². The van der Waals surface area contributed by atoms with Gasteiger partial charge >= 0.3 is 0 Å². The lowest BCUT2D eigenvalue weighted by atomic mass is 10.2. The lowest BCUT2D eigenvalue weighted by molar-refractivity contribution is 0.347. The van der Waals surface area contributed by atoms with Crippen LogP contribution < -0.4 is 0 Å². The molecule has 16 heavy (non-hydrogen) atoms. The van der Waals surface area contributed by atoms with E-state index in [2.05, 4.69) is 53.8 Å². The molecule has 1 aromatic rings. The number of hydrogen-bond acceptors (Lipinski definition) is 1. The number of hydrogen-bond donors (Lipinski definition) is 0. The minimum atomic E-state index is 0.899. The van der Waals surface area contributed by atoms with Gasteiger partial charge in [-0.1, -0.05) is 43.5 Å². The first-order valence-corrected chi connectivity index (χ1v) is 5.38. The fourth-order valence-electron chi connectivity index (χ4n) is 1.97. The second-order valence-corrected chi connectivity index (χ2v) is 3.94. The molecule has 0 N–H and O–H groups in total. The number of nitrogens with zero attached hydrogens (tertiary/aromatic N) is 1. The summed E-state index contributed by atoms with van der Waals surface area (Å²) in [5, 5.41) is 0. The Morgan fingerprint density at radius 2 is 1.56 bits per heavy atom. The molecule has 80 valence electrons. The Balaban J connectivity index is 2.10. The highest BCUT2D eigenvalue weighted by atomic mass is 15.1. The zero-order valence-corrected chi connectivity index (χ0v) is 9.37. The summed E-state index contributed by atoms with van der Waals surface area (Å²) in [7, 11) is 0. The highest BCUT2D eigenvalue weighted by Crippen LogP contribution is 2.21. The molecule has 0 unspecified atom stereocenters. The topological polar surface area (TPSA) is 3.24 Å². The van der Waals surface area contributed by atoms with Crippen LogP contribution in [0.3, 0.4) is 0 Å². The molecule has 0 saturated carbocycles. The molecule has 0 bridgehead atoms. The van der Waals surface area contributed by atoms with E-state index in [1.807, 2.05) is 6.07 Å². The highest BCUT2D eigenvalue weighted by Gasteiger charge is 2.20. The lowest BCUT2D eigenvalue weighted by Crippen LogP contribution is -2.18. The highest BCUT2D eigenvalue weighted by molar-refractivity contribution is 5.36. The summed E-state index contributed by atoms with van der Waals surface area (Å²) < 4.78 is 0. The van der Waals surface area contributed by atoms with Gasteiger partial charge in [0.25, 0.3) is 0 Å². The van der Waals surface area contributed by atoms with Gasteiger partial charge in [-0.05, 0) is 5.56 Å². The van der Waals surface area contributed by atoms with Crippen LogP contribution in [0, 0.1) is 0 Å². The van der Waals surface area contributed by atoms with Gasteiger partial charge in [-0.2, -0.15) is 0 Å². The molecule has 1 aliphatic heterocycles. The second-order valence-electron chi connectivity index (χ2n) is 3.94. The summed E-state index contributed by atoms with van der Waals surface area (Å²) in [6, 6.07) is 10.5. The van der Waals surface area contributed by atoms with Crippen LogP contribution >= 0.6 is 0 Å². The summed E-state index contributed by atoms with van der Waals surface area (Å²) in [5.41, 5.74) is 9.52. The fraction of sp³-hybridized carbons (Fsp3) is 0.200. The van der Waals surface area contributed by atoms with Crippen LogP contribution in [0.25, 0.3) is 0 Å². The Bertz CT molecular complexity index is 445. The molecule has 0 aromatic heterocycles. The van der Waals surface area contributed by atoms with Gasteiger partial charge in [-0.25, -0.2) is 0 Å². The molecular formula is C15H15N. The molecular weight excluding hydrogens is 194 g/mol. The van der Waals surface area contributed by atoms with Crippen molar-refractivity contribution in [1.29, 1.82) is 0 Å². The van der Waals surface area contributed by atoms with Crippen molar-refractivity contribution in [3.63, 3.8) is 0 Å². The van der Waals surface area contributed by atoms with Crippen molar-refractivity contribution < 1.29 is 0 Å². The van der Waals surface area contributed by atoms with Crippen molar-refractivity contribution in [2.45, 2.75) is 6.54 Å². The normalized spacial score (nSPS) is 16.0. The molecule has 0 amide bonds. The Labute approximate surface area is 96.7 Å². The third-order valence-electron chi connectivity index (χ3n) is 2.80. The lowest BCUT2D eigenvalue weighted by Gasteiger charge is -2.13. The monoisotopic (exact) mass is 209 g/mol. The van der Waals surface area contributed by atoms with E-state index in [1.165, 1.54) is 5.56 Å². The van der Waals surface area contributed by atoms with E-state index in [4.69, 9.17) is 0 Å². The van der Waals surface area contributed by atoms with Crippen molar-refractivity contribution in [3.05, 3.63) is 71.7 Å². The van der Waals surface area contributed by atoms with Crippen molar-refractivity contribution in [2.24, 2.45) is 0 Å². The predicted molar refractivity (Wildman–Crippen MR) is 67.0 cm³/mol. The smallest absolute Gasteiger partial charge is 0.0323 e. The first kappa shape index (κ1) is 10.7. The molecule has 0 aliphatic carbocycles. The summed E-state index contributed by atoms with van der Waals surface area (Å²) >= 11 is 0. The van der Waals surface area contributed by atoms with Crippen LogP contribution in [0.4, 0.5) is 0 Å². The first-order valence-electron chi connectivity index (χ1n) is 5.38. The van der Waals surface area contributed by atoms with Gasteiger partial charge < -0.3 is 0 Å². The standard InChI is InChI=1S/C15H15N/c1-3-14-11-16(12-15(14)4-2)10-13-8-6-5-7-9-13/h5-9H,1-2,10-12H2. The van der Waals surface area contributed by atoms with Crippen LogP contribution in [0.2, 0.25) is 0 Å². The van der Waals surface area contributed by atoms with E-state index < -0.39 is 0 Å². The maximum atomic E-state index is 3.71. The fourth-order valence-corrected chi connectivity index (χ4v) is 1.97. The van der Waals surface area contributed by atoms with Gasteiger partial charge in [0.05, 0.1) is 0 Å². The van der Waals surface area contributed by atoms with Gasteiger partial charge in [0.2, 0.25) is 0 Å². The average Bonchev–Trinajstić information content (AvgIpc) is 2.72. The maximum absolute atomic E-state index is 3.71. The minimum Gasteiger partial charge on any atom is -0.289 e. The van der Waals surface area contributed by atoms with E-state index in [0.29, 0.717) is 0 Å². The molecule has 0 spiro atoms. The predicted octanol–water partition coefficient (Wildman–Crippen LogP) is 2.92. The number of rotatable bonds is 2. The Morgan fingerprint density at radius 1 is 1.00 bits per heavy atom. The molecule has 1 heteroatoms. The van der Waals surface area contributed by atoms with Crippen LogP contribution in [-0.2, 0) is 6.54 Å². The van der Waals surface area contributed by atoms with Crippen LogP contribution in [-0.4, -0.2) is 18.0 Å². The van der Waals surface area contributed by atoms with Crippen molar-refractivity contribution >= 4 is 0 Å². The minimum absolute atomic E-state index is 0.899. The van der Waals surface area contributed by atoms with Crippen molar-refractivity contribution in [2.75, 3.05) is 13.1 Å². The van der Waals surface area contributed by atoms with Crippen LogP contribution in [0.1, 0.15) is 5.56 Å². The largest absolute Gasteiger partial charge is 0.289 e. The van der Waals surface area contributed by atoms with Crippen molar-refractivity contribution in [3.8, 4) is 0 Å². The van der Waals surface area contributed by atoms with E-state index in [9.17, 15) is 0 Å². The van der Waals surface area contributed by atoms with Gasteiger partial charge in [-0.3, -0.25) is 4.90 Å². The molecule has 1 nitrogen and oxygen atoms in total. The third kappa shape index (κ3) is 2.24. The summed E-state index contributed by atoms with van der Waals surface area (Å²) in [5.74, 6) is 0. The first-order chi connectivity index (χ1) is 7.83. The molecule has 1 aliphatic rings. The summed E-state index contributed by atoms with van der Waals surface area (Å²) in [6.45, 7) is 10.2. The molecule has 1 saturated heterocycles. The third-order valence-corrected chi connectivity index (χ3v) is 2.80. The molecule has 1 heterocycles. The van der Waals surface area contributed by atoms with E-state index in [0.717, 1.165) is 30.8 Å². The van der Waals surface area contributed by atoms with Gasteiger partial charge in [0, 0.05) is 30.8 Å². The zero-order valence-electron chi connectivity index (χ0n) is 9.37. The second kappa shape index (κ2) is 4.83. The van der Waals surface area contributed by atoms with Crippen LogP contribution in [0.5, 0.6) is 0 Å². The zero-order chi connectivity index (χ0) is 11.4.